The summed E-state index contributed by atoms with van der Waals surface area (Å²) in [4.78, 5) is 25.1. The number of benzene rings is 1. The third-order valence-electron chi connectivity index (χ3n) is 2.60. The summed E-state index contributed by atoms with van der Waals surface area (Å²) in [6, 6.07) is 5.43. The third-order valence-corrected chi connectivity index (χ3v) is 4.00. The van der Waals surface area contributed by atoms with Crippen LogP contribution in [-0.2, 0) is 4.79 Å². The number of terminal acetylenes is 1. The lowest BCUT2D eigenvalue weighted by Gasteiger charge is -2.07. The van der Waals surface area contributed by atoms with Crippen LogP contribution in [-0.4, -0.2) is 29.7 Å². The van der Waals surface area contributed by atoms with E-state index >= 15 is 0 Å². The minimum absolute atomic E-state index is 0.0162. The standard InChI is InChI=1S/C14H10BrNO3S/c1-3-6-16-13(17)12(20-14(16)18)8-9-7-10(15)4-5-11(9)19-2/h1,4-5,7-8H,6H2,2H3. The van der Waals surface area contributed by atoms with Crippen molar-refractivity contribution in [2.45, 2.75) is 0 Å². The Kier molecular flexibility index (Phi) is 4.53. The molecular formula is C14H10BrNO3S. The number of rotatable bonds is 3. The predicted molar refractivity (Wildman–Crippen MR) is 82.2 cm³/mol. The summed E-state index contributed by atoms with van der Waals surface area (Å²) in [5, 5.41) is -0.354. The summed E-state index contributed by atoms with van der Waals surface area (Å²) in [7, 11) is 1.55. The number of hydrogen-bond acceptors (Lipinski definition) is 4. The van der Waals surface area contributed by atoms with Crippen molar-refractivity contribution in [3.8, 4) is 18.1 Å². The molecule has 0 saturated carbocycles. The van der Waals surface area contributed by atoms with Gasteiger partial charge < -0.3 is 4.74 Å². The summed E-state index contributed by atoms with van der Waals surface area (Å²) in [6.45, 7) is -0.0162. The highest BCUT2D eigenvalue weighted by atomic mass is 79.9. The van der Waals surface area contributed by atoms with Crippen LogP contribution >= 0.6 is 27.7 Å². The number of nitrogens with zero attached hydrogens (tertiary/aromatic N) is 1. The normalized spacial score (nSPS) is 16.6. The van der Waals surface area contributed by atoms with Crippen LogP contribution < -0.4 is 4.74 Å². The van der Waals surface area contributed by atoms with E-state index in [0.29, 0.717) is 16.2 Å². The maximum Gasteiger partial charge on any atom is 0.294 e. The molecule has 1 aliphatic rings. The van der Waals surface area contributed by atoms with Gasteiger partial charge in [0.2, 0.25) is 0 Å². The van der Waals surface area contributed by atoms with Crippen LogP contribution in [0.5, 0.6) is 5.75 Å². The smallest absolute Gasteiger partial charge is 0.294 e. The fraction of sp³-hybridized carbons (Fsp3) is 0.143. The maximum absolute atomic E-state index is 12.1. The molecule has 1 heterocycles. The fourth-order valence-corrected chi connectivity index (χ4v) is 2.89. The lowest BCUT2D eigenvalue weighted by atomic mass is 10.2. The summed E-state index contributed by atoms with van der Waals surface area (Å²) in [5.74, 6) is 2.55. The Morgan fingerprint density at radius 1 is 1.50 bits per heavy atom. The van der Waals surface area contributed by atoms with Crippen molar-refractivity contribution in [3.63, 3.8) is 0 Å². The van der Waals surface area contributed by atoms with Crippen molar-refractivity contribution < 1.29 is 14.3 Å². The minimum atomic E-state index is -0.375. The van der Waals surface area contributed by atoms with Gasteiger partial charge in [0.25, 0.3) is 11.1 Å². The molecule has 20 heavy (non-hydrogen) atoms. The number of thioether (sulfide) groups is 1. The molecule has 102 valence electrons. The first kappa shape index (κ1) is 14.7. The number of imide groups is 1. The second kappa shape index (κ2) is 6.16. The lowest BCUT2D eigenvalue weighted by Crippen LogP contribution is -2.28. The van der Waals surface area contributed by atoms with Crippen molar-refractivity contribution in [2.75, 3.05) is 13.7 Å². The number of amides is 2. The van der Waals surface area contributed by atoms with E-state index in [1.807, 2.05) is 12.1 Å². The first-order chi connectivity index (χ1) is 9.56. The molecule has 0 aromatic heterocycles. The molecule has 0 radical (unpaired) electrons. The SMILES string of the molecule is C#CCN1C(=O)SC(=Cc2cc(Br)ccc2OC)C1=O. The highest BCUT2D eigenvalue weighted by molar-refractivity contribution is 9.10. The molecule has 1 fully saturated rings. The molecule has 1 aromatic carbocycles. The third kappa shape index (κ3) is 2.89. The number of carbonyl (C=O) groups is 2. The largest absolute Gasteiger partial charge is 0.496 e. The lowest BCUT2D eigenvalue weighted by molar-refractivity contribution is -0.122. The van der Waals surface area contributed by atoms with E-state index in [1.54, 1.807) is 19.3 Å². The van der Waals surface area contributed by atoms with Gasteiger partial charge in [0.05, 0.1) is 18.6 Å². The molecule has 1 aliphatic heterocycles. The van der Waals surface area contributed by atoms with E-state index < -0.39 is 0 Å². The Morgan fingerprint density at radius 3 is 2.90 bits per heavy atom. The van der Waals surface area contributed by atoms with E-state index in [2.05, 4.69) is 21.9 Å². The molecule has 0 atom stereocenters. The highest BCUT2D eigenvalue weighted by Crippen LogP contribution is 2.34. The molecule has 2 amide bonds. The molecule has 2 rings (SSSR count). The van der Waals surface area contributed by atoms with Gasteiger partial charge in [0.15, 0.2) is 0 Å². The van der Waals surface area contributed by atoms with Gasteiger partial charge in [0.1, 0.15) is 5.75 Å². The molecule has 1 saturated heterocycles. The summed E-state index contributed by atoms with van der Waals surface area (Å²) in [5.41, 5.74) is 0.716. The average molecular weight is 352 g/mol. The zero-order chi connectivity index (χ0) is 14.7. The van der Waals surface area contributed by atoms with Gasteiger partial charge in [-0.1, -0.05) is 21.9 Å². The van der Waals surface area contributed by atoms with Crippen molar-refractivity contribution in [1.29, 1.82) is 0 Å². The van der Waals surface area contributed by atoms with Gasteiger partial charge >= 0.3 is 0 Å². The monoisotopic (exact) mass is 351 g/mol. The first-order valence-electron chi connectivity index (χ1n) is 5.59. The van der Waals surface area contributed by atoms with Crippen molar-refractivity contribution in [1.82, 2.24) is 4.90 Å². The molecule has 0 spiro atoms. The van der Waals surface area contributed by atoms with Crippen molar-refractivity contribution in [3.05, 3.63) is 33.1 Å². The van der Waals surface area contributed by atoms with Crippen LogP contribution in [0.3, 0.4) is 0 Å². The Labute approximate surface area is 129 Å². The van der Waals surface area contributed by atoms with E-state index in [1.165, 1.54) is 0 Å². The van der Waals surface area contributed by atoms with Gasteiger partial charge in [-0.2, -0.15) is 0 Å². The number of methoxy groups -OCH3 is 1. The number of ether oxygens (including phenoxy) is 1. The van der Waals surface area contributed by atoms with Gasteiger partial charge in [-0.25, -0.2) is 0 Å². The molecule has 0 N–H and O–H groups in total. The molecule has 1 aromatic rings. The van der Waals surface area contributed by atoms with Crippen LogP contribution in [0.2, 0.25) is 0 Å². The molecular weight excluding hydrogens is 342 g/mol. The van der Waals surface area contributed by atoms with E-state index in [9.17, 15) is 9.59 Å². The van der Waals surface area contributed by atoms with E-state index in [-0.39, 0.29) is 17.7 Å². The second-order valence-electron chi connectivity index (χ2n) is 3.86. The van der Waals surface area contributed by atoms with Gasteiger partial charge in [-0.15, -0.1) is 6.42 Å². The van der Waals surface area contributed by atoms with Gasteiger partial charge in [0, 0.05) is 10.0 Å². The first-order valence-corrected chi connectivity index (χ1v) is 7.20. The number of hydrogen-bond donors (Lipinski definition) is 0. The Bertz CT molecular complexity index is 648. The molecule has 6 heteroatoms. The van der Waals surface area contributed by atoms with Crippen LogP contribution in [0, 0.1) is 12.3 Å². The van der Waals surface area contributed by atoms with Crippen LogP contribution in [0.15, 0.2) is 27.6 Å². The van der Waals surface area contributed by atoms with Crippen molar-refractivity contribution >= 4 is 44.9 Å². The van der Waals surface area contributed by atoms with Crippen LogP contribution in [0.1, 0.15) is 5.56 Å². The summed E-state index contributed by atoms with van der Waals surface area (Å²) in [6.07, 6.45) is 6.78. The van der Waals surface area contributed by atoms with Crippen molar-refractivity contribution in [2.24, 2.45) is 0 Å². The van der Waals surface area contributed by atoms with Gasteiger partial charge in [-0.3, -0.25) is 14.5 Å². The minimum Gasteiger partial charge on any atom is -0.496 e. The Morgan fingerprint density at radius 2 is 2.25 bits per heavy atom. The zero-order valence-corrected chi connectivity index (χ0v) is 13.0. The topological polar surface area (TPSA) is 46.6 Å². The number of carbonyl (C=O) groups excluding carboxylic acids is 2. The summed E-state index contributed by atoms with van der Waals surface area (Å²) >= 11 is 4.23. The quantitative estimate of drug-likeness (QED) is 0.620. The zero-order valence-electron chi connectivity index (χ0n) is 10.6. The predicted octanol–water partition coefficient (Wildman–Crippen LogP) is 3.13. The fourth-order valence-electron chi connectivity index (χ4n) is 1.69. The highest BCUT2D eigenvalue weighted by Gasteiger charge is 2.34. The molecule has 0 bridgehead atoms. The Hall–Kier alpha value is -1.71. The van der Waals surface area contributed by atoms with Crippen LogP contribution in [0.25, 0.3) is 6.08 Å². The van der Waals surface area contributed by atoms with E-state index in [0.717, 1.165) is 21.1 Å². The van der Waals surface area contributed by atoms with Gasteiger partial charge in [-0.05, 0) is 36.0 Å². The molecule has 0 aliphatic carbocycles. The maximum atomic E-state index is 12.1. The number of halogens is 1. The second-order valence-corrected chi connectivity index (χ2v) is 5.77. The Balaban J connectivity index is 2.38. The molecule has 4 nitrogen and oxygen atoms in total. The van der Waals surface area contributed by atoms with E-state index in [4.69, 9.17) is 11.2 Å². The molecule has 0 unspecified atom stereocenters. The average Bonchev–Trinajstić information content (AvgIpc) is 2.67. The summed E-state index contributed by atoms with van der Waals surface area (Å²) < 4.78 is 6.08. The van der Waals surface area contributed by atoms with Crippen LogP contribution in [0.4, 0.5) is 4.79 Å².